The van der Waals surface area contributed by atoms with Crippen molar-refractivity contribution in [1.29, 1.82) is 0 Å². The first-order chi connectivity index (χ1) is 18.5. The molecule has 195 valence electrons. The van der Waals surface area contributed by atoms with Crippen molar-refractivity contribution in [3.63, 3.8) is 0 Å². The fourth-order valence-electron chi connectivity index (χ4n) is 6.19. The zero-order valence-electron chi connectivity index (χ0n) is 22.6. The number of hydrogen-bond donors (Lipinski definition) is 0. The van der Waals surface area contributed by atoms with Crippen molar-refractivity contribution < 1.29 is 24.2 Å². The minimum absolute atomic E-state index is 0. The van der Waals surface area contributed by atoms with Crippen molar-refractivity contribution in [2.45, 2.75) is 33.9 Å². The van der Waals surface area contributed by atoms with Crippen molar-refractivity contribution in [3.8, 4) is 5.75 Å². The molecule has 0 saturated carbocycles. The summed E-state index contributed by atoms with van der Waals surface area (Å²) >= 11 is 0. The van der Waals surface area contributed by atoms with Crippen molar-refractivity contribution in [2.24, 2.45) is 0 Å². The number of rotatable bonds is 2. The van der Waals surface area contributed by atoms with E-state index in [1.807, 2.05) is 12.1 Å². The molecular formula is C33H29N4ORu. The van der Waals surface area contributed by atoms with E-state index in [2.05, 4.69) is 114 Å². The van der Waals surface area contributed by atoms with Crippen LogP contribution in [0.25, 0.3) is 38.4 Å². The van der Waals surface area contributed by atoms with Gasteiger partial charge in [0.1, 0.15) is 11.9 Å². The molecule has 1 aliphatic heterocycles. The summed E-state index contributed by atoms with van der Waals surface area (Å²) < 4.78 is 10.4. The van der Waals surface area contributed by atoms with Crippen molar-refractivity contribution in [3.05, 3.63) is 102 Å². The predicted octanol–water partition coefficient (Wildman–Crippen LogP) is 8.12. The van der Waals surface area contributed by atoms with Gasteiger partial charge in [-0.25, -0.2) is 4.98 Å². The maximum atomic E-state index is 5.71. The normalized spacial score (nSPS) is 14.3. The zero-order chi connectivity index (χ0) is 26.1. The van der Waals surface area contributed by atoms with Crippen LogP contribution in [0.1, 0.15) is 30.0 Å². The van der Waals surface area contributed by atoms with Gasteiger partial charge in [0.2, 0.25) is 5.78 Å². The summed E-state index contributed by atoms with van der Waals surface area (Å²) in [6.07, 6.45) is -0.0330. The molecule has 0 aliphatic carbocycles. The van der Waals surface area contributed by atoms with Gasteiger partial charge in [0, 0.05) is 22.3 Å². The summed E-state index contributed by atoms with van der Waals surface area (Å²) in [6, 6.07) is 31.4. The van der Waals surface area contributed by atoms with Crippen LogP contribution in [0.3, 0.4) is 0 Å². The number of nitrogens with zero attached hydrogens (tertiary/aromatic N) is 4. The van der Waals surface area contributed by atoms with Crippen molar-refractivity contribution >= 4 is 49.7 Å². The SMILES string of the molecule is COc1cccc(N2c3cccc4c5ccccc5c5ccc[c-]c5n5c(C)c(C)nc5n(c34)[C@@H]2C)c1C.[Ru+]. The molecule has 4 aromatic carbocycles. The Bertz CT molecular complexity index is 1990. The van der Waals surface area contributed by atoms with E-state index < -0.39 is 0 Å². The molecule has 1 atom stereocenters. The van der Waals surface area contributed by atoms with Crippen LogP contribution in [0.5, 0.6) is 5.75 Å². The molecule has 2 aromatic heterocycles. The van der Waals surface area contributed by atoms with Gasteiger partial charge in [0.05, 0.1) is 24.0 Å². The summed E-state index contributed by atoms with van der Waals surface area (Å²) in [5.74, 6) is 1.79. The number of anilines is 2. The number of imidazole rings is 1. The Morgan fingerprint density at radius 1 is 0.795 bits per heavy atom. The Labute approximate surface area is 240 Å². The predicted molar refractivity (Wildman–Crippen MR) is 156 cm³/mol. The molecule has 1 aliphatic rings. The minimum atomic E-state index is -0.0330. The first kappa shape index (κ1) is 25.4. The summed E-state index contributed by atoms with van der Waals surface area (Å²) in [5.41, 5.74) is 7.70. The van der Waals surface area contributed by atoms with Crippen LogP contribution in [0.4, 0.5) is 11.4 Å². The van der Waals surface area contributed by atoms with E-state index in [4.69, 9.17) is 9.72 Å². The number of ether oxygens (including phenoxy) is 1. The standard InChI is InChI=1S/C33H29N4O.Ru/c1-20-28(17-11-19-31(20)38-5)36-23(4)37-32-27(15-10-18-30(32)36)25-13-7-6-12-24(25)26-14-8-9-16-29(26)35-22(3)21(2)34-33(35)37;/h6-15,17-19,23H,1-5H3;/q-1;+1/t23-;/m1./s1. The third-order valence-electron chi connectivity index (χ3n) is 8.10. The molecule has 5 nitrogen and oxygen atoms in total. The molecule has 6 heteroatoms. The molecule has 1 radical (unpaired) electrons. The van der Waals surface area contributed by atoms with E-state index in [1.165, 1.54) is 16.2 Å². The second-order valence-electron chi connectivity index (χ2n) is 10.0. The second kappa shape index (κ2) is 9.39. The van der Waals surface area contributed by atoms with Crippen LogP contribution >= 0.6 is 0 Å². The molecule has 3 heterocycles. The molecule has 0 spiro atoms. The number of methoxy groups -OCH3 is 1. The third kappa shape index (κ3) is 3.51. The number of hydrogen-bond acceptors (Lipinski definition) is 3. The Morgan fingerprint density at radius 3 is 2.23 bits per heavy atom. The largest absolute Gasteiger partial charge is 1.00 e. The van der Waals surface area contributed by atoms with E-state index >= 15 is 0 Å². The Kier molecular flexibility index (Phi) is 6.11. The molecule has 39 heavy (non-hydrogen) atoms. The maximum absolute atomic E-state index is 5.71. The summed E-state index contributed by atoms with van der Waals surface area (Å²) in [7, 11) is 1.73. The quantitative estimate of drug-likeness (QED) is 0.149. The molecule has 0 fully saturated rings. The number of aryl methyl sites for hydroxylation is 2. The minimum Gasteiger partial charge on any atom is -0.496 e. The van der Waals surface area contributed by atoms with E-state index in [9.17, 15) is 0 Å². The Balaban J connectivity index is 0.00000277. The number of para-hydroxylation sites is 2. The van der Waals surface area contributed by atoms with E-state index in [-0.39, 0.29) is 25.6 Å². The molecule has 0 bridgehead atoms. The molecule has 0 saturated heterocycles. The average molecular weight is 599 g/mol. The van der Waals surface area contributed by atoms with Crippen molar-refractivity contribution in [1.82, 2.24) is 14.0 Å². The van der Waals surface area contributed by atoms with Crippen LogP contribution in [-0.2, 0) is 19.5 Å². The Hall–Kier alpha value is -3.89. The second-order valence-corrected chi connectivity index (χ2v) is 10.0. The van der Waals surface area contributed by atoms with Crippen LogP contribution in [0.2, 0.25) is 0 Å². The van der Waals surface area contributed by atoms with Gasteiger partial charge in [-0.05, 0) is 51.3 Å². The van der Waals surface area contributed by atoms with Gasteiger partial charge in [0.25, 0.3) is 0 Å². The van der Waals surface area contributed by atoms with Crippen molar-refractivity contribution in [2.75, 3.05) is 12.0 Å². The molecule has 0 unspecified atom stereocenters. The average Bonchev–Trinajstić information content (AvgIpc) is 3.41. The van der Waals surface area contributed by atoms with E-state index in [0.29, 0.717) is 0 Å². The maximum Gasteiger partial charge on any atom is 1.00 e. The molecule has 0 N–H and O–H groups in total. The van der Waals surface area contributed by atoms with Gasteiger partial charge in [0.15, 0.2) is 0 Å². The molecular weight excluding hydrogens is 569 g/mol. The van der Waals surface area contributed by atoms with Gasteiger partial charge < -0.3 is 14.0 Å². The number of benzene rings is 4. The van der Waals surface area contributed by atoms with Gasteiger partial charge in [-0.1, -0.05) is 53.4 Å². The van der Waals surface area contributed by atoms with Gasteiger partial charge in [-0.15, -0.1) is 5.39 Å². The summed E-state index contributed by atoms with van der Waals surface area (Å²) in [5, 5.41) is 4.73. The summed E-state index contributed by atoms with van der Waals surface area (Å²) in [6.45, 7) is 8.63. The monoisotopic (exact) mass is 599 g/mol. The van der Waals surface area contributed by atoms with Crippen LogP contribution in [0, 0.1) is 26.8 Å². The van der Waals surface area contributed by atoms with Crippen LogP contribution < -0.4 is 9.64 Å². The molecule has 0 amide bonds. The number of aromatic nitrogens is 3. The van der Waals surface area contributed by atoms with Gasteiger partial charge in [-0.3, -0.25) is 4.57 Å². The van der Waals surface area contributed by atoms with Gasteiger partial charge >= 0.3 is 19.5 Å². The first-order valence-corrected chi connectivity index (χ1v) is 13.0. The fraction of sp³-hybridized carbons (Fsp3) is 0.182. The molecule has 6 aromatic rings. The van der Waals surface area contributed by atoms with Crippen LogP contribution in [0.15, 0.2) is 78.9 Å². The Morgan fingerprint density at radius 2 is 1.46 bits per heavy atom. The molecule has 7 rings (SSSR count). The van der Waals surface area contributed by atoms with Crippen LogP contribution in [-0.4, -0.2) is 21.1 Å². The third-order valence-corrected chi connectivity index (χ3v) is 8.10. The zero-order valence-corrected chi connectivity index (χ0v) is 24.4. The summed E-state index contributed by atoms with van der Waals surface area (Å²) in [4.78, 5) is 7.61. The smallest absolute Gasteiger partial charge is 0.496 e. The topological polar surface area (TPSA) is 34.7 Å². The number of fused-ring (bicyclic) bond motifs is 7. The fourth-order valence-corrected chi connectivity index (χ4v) is 6.19. The van der Waals surface area contributed by atoms with E-state index in [1.54, 1.807) is 7.11 Å². The van der Waals surface area contributed by atoms with Gasteiger partial charge in [-0.2, -0.15) is 24.3 Å². The first-order valence-electron chi connectivity index (χ1n) is 13.0. The van der Waals surface area contributed by atoms with E-state index in [0.717, 1.165) is 56.3 Å².